The maximum atomic E-state index is 11.7. The predicted molar refractivity (Wildman–Crippen MR) is 68.2 cm³/mol. The second kappa shape index (κ2) is 5.27. The summed E-state index contributed by atoms with van der Waals surface area (Å²) in [5, 5.41) is 8.85. The van der Waals surface area contributed by atoms with E-state index in [1.165, 1.54) is 13.2 Å². The molecule has 0 fully saturated rings. The number of rotatable bonds is 3. The van der Waals surface area contributed by atoms with Gasteiger partial charge in [-0.3, -0.25) is 0 Å². The topological polar surface area (TPSA) is 72.5 Å². The highest BCUT2D eigenvalue weighted by molar-refractivity contribution is 5.61. The molecule has 0 atom stereocenters. The molecule has 0 aliphatic carbocycles. The number of nitriles is 1. The number of nitrogens with zero attached hydrogens (tertiary/aromatic N) is 1. The number of hydrogen-bond acceptors (Lipinski definition) is 5. The fraction of sp³-hybridized carbons (Fsp3) is 0.143. The first-order valence-corrected chi connectivity index (χ1v) is 5.46. The molecule has 0 spiro atoms. The molecule has 0 saturated carbocycles. The van der Waals surface area contributed by atoms with Crippen molar-refractivity contribution in [2.24, 2.45) is 0 Å². The van der Waals surface area contributed by atoms with Crippen molar-refractivity contribution >= 4 is 0 Å². The van der Waals surface area contributed by atoms with Crippen molar-refractivity contribution in [1.82, 2.24) is 0 Å². The second-order valence-electron chi connectivity index (χ2n) is 3.68. The third-order valence-electron chi connectivity index (χ3n) is 2.62. The van der Waals surface area contributed by atoms with Crippen LogP contribution in [-0.4, -0.2) is 14.2 Å². The number of benzene rings is 1. The number of hydrogen-bond donors (Lipinski definition) is 0. The van der Waals surface area contributed by atoms with Gasteiger partial charge in [0, 0.05) is 11.6 Å². The molecule has 5 heteroatoms. The highest BCUT2D eigenvalue weighted by atomic mass is 16.5. The molecule has 0 amide bonds. The van der Waals surface area contributed by atoms with Gasteiger partial charge in [-0.2, -0.15) is 5.26 Å². The first-order chi connectivity index (χ1) is 9.19. The van der Waals surface area contributed by atoms with Crippen molar-refractivity contribution in [2.75, 3.05) is 14.2 Å². The Balaban J connectivity index is 2.54. The lowest BCUT2D eigenvalue weighted by Crippen LogP contribution is -2.07. The van der Waals surface area contributed by atoms with Crippen LogP contribution in [0.2, 0.25) is 0 Å². The summed E-state index contributed by atoms with van der Waals surface area (Å²) in [6.45, 7) is 0. The van der Waals surface area contributed by atoms with Gasteiger partial charge in [0.25, 0.3) is 0 Å². The molecule has 0 bridgehead atoms. The van der Waals surface area contributed by atoms with E-state index in [1.807, 2.05) is 0 Å². The van der Waals surface area contributed by atoms with Gasteiger partial charge >= 0.3 is 5.63 Å². The van der Waals surface area contributed by atoms with E-state index in [2.05, 4.69) is 0 Å². The molecule has 1 aromatic heterocycles. The minimum atomic E-state index is -0.715. The zero-order chi connectivity index (χ0) is 13.8. The van der Waals surface area contributed by atoms with E-state index >= 15 is 0 Å². The van der Waals surface area contributed by atoms with E-state index in [9.17, 15) is 4.79 Å². The van der Waals surface area contributed by atoms with Gasteiger partial charge < -0.3 is 13.9 Å². The minimum absolute atomic E-state index is 0.139. The zero-order valence-corrected chi connectivity index (χ0v) is 10.5. The number of ether oxygens (including phenoxy) is 2. The maximum absolute atomic E-state index is 11.7. The van der Waals surface area contributed by atoms with Crippen LogP contribution >= 0.6 is 0 Å². The summed E-state index contributed by atoms with van der Waals surface area (Å²) in [7, 11) is 2.97. The largest absolute Gasteiger partial charge is 0.497 e. The van der Waals surface area contributed by atoms with Crippen molar-refractivity contribution in [3.8, 4) is 28.9 Å². The highest BCUT2D eigenvalue weighted by Gasteiger charge is 2.13. The van der Waals surface area contributed by atoms with E-state index in [0.29, 0.717) is 17.1 Å². The quantitative estimate of drug-likeness (QED) is 0.842. The van der Waals surface area contributed by atoms with E-state index in [1.54, 1.807) is 37.4 Å². The van der Waals surface area contributed by atoms with Crippen LogP contribution < -0.4 is 15.1 Å². The van der Waals surface area contributed by atoms with Gasteiger partial charge in [0.2, 0.25) is 0 Å². The molecule has 0 radical (unpaired) electrons. The minimum Gasteiger partial charge on any atom is -0.497 e. The molecular weight excluding hydrogens is 246 g/mol. The molecule has 2 rings (SSSR count). The summed E-state index contributed by atoms with van der Waals surface area (Å²) < 4.78 is 15.2. The van der Waals surface area contributed by atoms with Crippen LogP contribution in [0.15, 0.2) is 39.5 Å². The molecule has 0 saturated heterocycles. The average molecular weight is 257 g/mol. The molecule has 19 heavy (non-hydrogen) atoms. The first kappa shape index (κ1) is 12.7. The van der Waals surface area contributed by atoms with Crippen LogP contribution in [0.25, 0.3) is 11.3 Å². The van der Waals surface area contributed by atoms with Crippen molar-refractivity contribution in [3.05, 3.63) is 46.3 Å². The summed E-state index contributed by atoms with van der Waals surface area (Å²) in [5.74, 6) is 1.24. The Kier molecular flexibility index (Phi) is 3.53. The van der Waals surface area contributed by atoms with Crippen molar-refractivity contribution in [3.63, 3.8) is 0 Å². The van der Waals surface area contributed by atoms with Crippen LogP contribution in [0, 0.1) is 11.3 Å². The standard InChI is InChI=1S/C14H11NO4/c1-17-10-5-3-9(4-6-10)12-7-13(18-2)11(8-15)14(16)19-12/h3-7H,1-2H3. The number of methoxy groups -OCH3 is 2. The predicted octanol–water partition coefficient (Wildman–Crippen LogP) is 2.20. The summed E-state index contributed by atoms with van der Waals surface area (Å²) >= 11 is 0. The Morgan fingerprint density at radius 3 is 2.37 bits per heavy atom. The van der Waals surface area contributed by atoms with Crippen molar-refractivity contribution in [1.29, 1.82) is 5.26 Å². The van der Waals surface area contributed by atoms with Gasteiger partial charge in [-0.1, -0.05) is 0 Å². The Morgan fingerprint density at radius 2 is 1.84 bits per heavy atom. The fourth-order valence-electron chi connectivity index (χ4n) is 1.63. The Bertz CT molecular complexity index is 680. The van der Waals surface area contributed by atoms with E-state index in [-0.39, 0.29) is 11.3 Å². The Labute approximate surface area is 109 Å². The molecular formula is C14H11NO4. The van der Waals surface area contributed by atoms with Gasteiger partial charge in [0.15, 0.2) is 5.56 Å². The van der Waals surface area contributed by atoms with E-state index in [4.69, 9.17) is 19.2 Å². The molecule has 0 N–H and O–H groups in total. The van der Waals surface area contributed by atoms with Crippen LogP contribution in [0.1, 0.15) is 5.56 Å². The molecule has 2 aromatic rings. The van der Waals surface area contributed by atoms with Gasteiger partial charge in [0.1, 0.15) is 23.3 Å². The van der Waals surface area contributed by atoms with Crippen LogP contribution in [0.4, 0.5) is 0 Å². The lowest BCUT2D eigenvalue weighted by atomic mass is 10.1. The van der Waals surface area contributed by atoms with Gasteiger partial charge in [0.05, 0.1) is 14.2 Å². The van der Waals surface area contributed by atoms with Crippen molar-refractivity contribution in [2.45, 2.75) is 0 Å². The summed E-state index contributed by atoms with van der Waals surface area (Å²) in [5.41, 5.74) is -0.159. The van der Waals surface area contributed by atoms with Gasteiger partial charge in [-0.15, -0.1) is 0 Å². The first-order valence-electron chi connectivity index (χ1n) is 5.46. The summed E-state index contributed by atoms with van der Waals surface area (Å²) in [4.78, 5) is 11.7. The SMILES string of the molecule is COc1ccc(-c2cc(OC)c(C#N)c(=O)o2)cc1. The molecule has 1 heterocycles. The molecule has 0 aliphatic rings. The molecule has 0 unspecified atom stereocenters. The lowest BCUT2D eigenvalue weighted by Gasteiger charge is -2.05. The third kappa shape index (κ3) is 2.43. The zero-order valence-electron chi connectivity index (χ0n) is 10.5. The fourth-order valence-corrected chi connectivity index (χ4v) is 1.63. The Morgan fingerprint density at radius 1 is 1.16 bits per heavy atom. The third-order valence-corrected chi connectivity index (χ3v) is 2.62. The molecule has 5 nitrogen and oxygen atoms in total. The Hall–Kier alpha value is -2.74. The monoisotopic (exact) mass is 257 g/mol. The summed E-state index contributed by atoms with van der Waals surface area (Å²) in [6, 6.07) is 10.3. The van der Waals surface area contributed by atoms with E-state index in [0.717, 1.165) is 0 Å². The smallest absolute Gasteiger partial charge is 0.358 e. The average Bonchev–Trinajstić information content (AvgIpc) is 2.46. The van der Waals surface area contributed by atoms with Crippen LogP contribution in [0.3, 0.4) is 0 Å². The van der Waals surface area contributed by atoms with Crippen molar-refractivity contribution < 1.29 is 13.9 Å². The normalized spacial score (nSPS) is 9.74. The van der Waals surface area contributed by atoms with E-state index < -0.39 is 5.63 Å². The summed E-state index contributed by atoms with van der Waals surface area (Å²) in [6.07, 6.45) is 0. The maximum Gasteiger partial charge on any atom is 0.358 e. The van der Waals surface area contributed by atoms with Crippen LogP contribution in [-0.2, 0) is 0 Å². The molecule has 0 aliphatic heterocycles. The van der Waals surface area contributed by atoms with Gasteiger partial charge in [-0.25, -0.2) is 4.79 Å². The molecule has 1 aromatic carbocycles. The second-order valence-corrected chi connectivity index (χ2v) is 3.68. The molecule has 96 valence electrons. The lowest BCUT2D eigenvalue weighted by molar-refractivity contribution is 0.402. The van der Waals surface area contributed by atoms with Gasteiger partial charge in [-0.05, 0) is 24.3 Å². The highest BCUT2D eigenvalue weighted by Crippen LogP contribution is 2.25. The van der Waals surface area contributed by atoms with Crippen LogP contribution in [0.5, 0.6) is 11.5 Å².